The van der Waals surface area contributed by atoms with Gasteiger partial charge in [-0.3, -0.25) is 0 Å². The molecule has 2 N–H and O–H groups in total. The van der Waals surface area contributed by atoms with E-state index in [2.05, 4.69) is 5.32 Å². The van der Waals surface area contributed by atoms with E-state index in [0.717, 1.165) is 5.69 Å². The number of hydrogen-bond acceptors (Lipinski definition) is 3. The van der Waals surface area contributed by atoms with Gasteiger partial charge in [-0.1, -0.05) is 36.4 Å². The summed E-state index contributed by atoms with van der Waals surface area (Å²) in [4.78, 5) is 11.8. The lowest BCUT2D eigenvalue weighted by Gasteiger charge is -2.29. The molecular weight excluding hydrogens is 254 g/mol. The number of ether oxygens (including phenoxy) is 1. The summed E-state index contributed by atoms with van der Waals surface area (Å²) in [5.41, 5.74) is 0.0516. The Balaban J connectivity index is 2.47. The van der Waals surface area contributed by atoms with Crippen LogP contribution in [0, 0.1) is 0 Å². The Bertz CT molecular complexity index is 598. The molecule has 4 heteroatoms. The van der Waals surface area contributed by atoms with Crippen molar-refractivity contribution in [3.05, 3.63) is 60.2 Å². The maximum Gasteiger partial charge on any atom is 0.333 e. The van der Waals surface area contributed by atoms with Crippen LogP contribution in [0.1, 0.15) is 12.5 Å². The minimum absolute atomic E-state index is 0.542. The molecule has 0 aliphatic carbocycles. The number of para-hydroxylation sites is 2. The van der Waals surface area contributed by atoms with Crippen LogP contribution in [0.4, 0.5) is 5.69 Å². The van der Waals surface area contributed by atoms with Gasteiger partial charge in [-0.15, -0.1) is 0 Å². The van der Waals surface area contributed by atoms with Crippen LogP contribution in [0.15, 0.2) is 54.6 Å². The van der Waals surface area contributed by atoms with Crippen LogP contribution in [0.25, 0.3) is 0 Å². The Morgan fingerprint density at radius 1 is 1.10 bits per heavy atom. The lowest BCUT2D eigenvalue weighted by Crippen LogP contribution is -2.40. The van der Waals surface area contributed by atoms with Crippen LogP contribution in [0.3, 0.4) is 0 Å². The zero-order valence-electron chi connectivity index (χ0n) is 11.5. The highest BCUT2D eigenvalue weighted by atomic mass is 16.5. The summed E-state index contributed by atoms with van der Waals surface area (Å²) >= 11 is 0. The number of hydrogen-bond donors (Lipinski definition) is 2. The highest BCUT2D eigenvalue weighted by Gasteiger charge is 2.37. The molecule has 0 spiro atoms. The fourth-order valence-electron chi connectivity index (χ4n) is 2.10. The second-order valence-corrected chi connectivity index (χ2v) is 4.62. The molecule has 0 heterocycles. The van der Waals surface area contributed by atoms with Gasteiger partial charge < -0.3 is 15.2 Å². The lowest BCUT2D eigenvalue weighted by atomic mass is 9.90. The van der Waals surface area contributed by atoms with Crippen molar-refractivity contribution >= 4 is 11.7 Å². The van der Waals surface area contributed by atoms with Crippen molar-refractivity contribution in [1.29, 1.82) is 0 Å². The van der Waals surface area contributed by atoms with E-state index in [1.807, 2.05) is 36.4 Å². The summed E-state index contributed by atoms with van der Waals surface area (Å²) in [7, 11) is 1.53. The number of carbonyl (C=O) groups is 1. The number of methoxy groups -OCH3 is 1. The molecule has 0 saturated carbocycles. The third kappa shape index (κ3) is 2.59. The molecule has 0 aliphatic heterocycles. The van der Waals surface area contributed by atoms with Crippen LogP contribution < -0.4 is 10.1 Å². The van der Waals surface area contributed by atoms with E-state index in [1.165, 1.54) is 7.11 Å². The Hall–Kier alpha value is -2.49. The fraction of sp³-hybridized carbons (Fsp3) is 0.188. The maximum atomic E-state index is 11.8. The molecule has 0 bridgehead atoms. The smallest absolute Gasteiger partial charge is 0.333 e. The zero-order valence-corrected chi connectivity index (χ0v) is 11.5. The average molecular weight is 271 g/mol. The summed E-state index contributed by atoms with van der Waals surface area (Å²) in [6.45, 7) is 1.63. The quantitative estimate of drug-likeness (QED) is 0.877. The zero-order chi connectivity index (χ0) is 14.6. The molecule has 20 heavy (non-hydrogen) atoms. The third-order valence-electron chi connectivity index (χ3n) is 3.24. The number of carboxylic acids is 1. The Labute approximate surface area is 118 Å². The standard InChI is InChI=1S/C16H17NO3/c1-16(15(18)19,17-12-8-4-3-5-9-12)13-10-6-7-11-14(13)20-2/h3-11,17H,1-2H3,(H,18,19). The fourth-order valence-corrected chi connectivity index (χ4v) is 2.10. The van der Waals surface area contributed by atoms with Gasteiger partial charge in [0.05, 0.1) is 7.11 Å². The van der Waals surface area contributed by atoms with Crippen LogP contribution in [-0.4, -0.2) is 18.2 Å². The molecule has 2 aromatic carbocycles. The number of nitrogens with one attached hydrogen (secondary N) is 1. The number of benzene rings is 2. The summed E-state index contributed by atoms with van der Waals surface area (Å²) in [5.74, 6) is -0.424. The molecular formula is C16H17NO3. The molecule has 0 amide bonds. The molecule has 1 unspecified atom stereocenters. The summed E-state index contributed by atoms with van der Waals surface area (Å²) in [6, 6.07) is 16.4. The van der Waals surface area contributed by atoms with E-state index in [9.17, 15) is 9.90 Å². The first-order chi connectivity index (χ1) is 9.58. The van der Waals surface area contributed by atoms with Gasteiger partial charge >= 0.3 is 5.97 Å². The largest absolute Gasteiger partial charge is 0.496 e. The minimum atomic E-state index is -1.27. The maximum absolute atomic E-state index is 11.8. The first-order valence-electron chi connectivity index (χ1n) is 6.28. The van der Waals surface area contributed by atoms with E-state index >= 15 is 0 Å². The molecule has 0 saturated heterocycles. The van der Waals surface area contributed by atoms with Crippen molar-refractivity contribution in [2.45, 2.75) is 12.5 Å². The van der Waals surface area contributed by atoms with Gasteiger partial charge in [0.15, 0.2) is 5.54 Å². The van der Waals surface area contributed by atoms with E-state index in [1.54, 1.807) is 25.1 Å². The van der Waals surface area contributed by atoms with E-state index < -0.39 is 11.5 Å². The second-order valence-electron chi connectivity index (χ2n) is 4.62. The van der Waals surface area contributed by atoms with E-state index in [0.29, 0.717) is 11.3 Å². The monoisotopic (exact) mass is 271 g/mol. The minimum Gasteiger partial charge on any atom is -0.496 e. The molecule has 2 aromatic rings. The normalized spacial score (nSPS) is 13.3. The summed E-state index contributed by atoms with van der Waals surface area (Å²) < 4.78 is 5.28. The summed E-state index contributed by atoms with van der Waals surface area (Å²) in [5, 5.41) is 12.7. The summed E-state index contributed by atoms with van der Waals surface area (Å²) in [6.07, 6.45) is 0. The topological polar surface area (TPSA) is 58.6 Å². The molecule has 0 aromatic heterocycles. The van der Waals surface area contributed by atoms with E-state index in [4.69, 9.17) is 4.74 Å². The van der Waals surface area contributed by atoms with Gasteiger partial charge in [-0.25, -0.2) is 4.79 Å². The highest BCUT2D eigenvalue weighted by Crippen LogP contribution is 2.33. The van der Waals surface area contributed by atoms with Crippen LogP contribution >= 0.6 is 0 Å². The van der Waals surface area contributed by atoms with Gasteiger partial charge in [0.1, 0.15) is 5.75 Å². The number of anilines is 1. The van der Waals surface area contributed by atoms with Gasteiger partial charge in [-0.05, 0) is 25.1 Å². The van der Waals surface area contributed by atoms with Crippen LogP contribution in [0.5, 0.6) is 5.75 Å². The SMILES string of the molecule is COc1ccccc1C(C)(Nc1ccccc1)C(=O)O. The van der Waals surface area contributed by atoms with Gasteiger partial charge in [-0.2, -0.15) is 0 Å². The molecule has 0 fully saturated rings. The van der Waals surface area contributed by atoms with Crippen LogP contribution in [-0.2, 0) is 10.3 Å². The first kappa shape index (κ1) is 13.9. The van der Waals surface area contributed by atoms with Crippen molar-refractivity contribution < 1.29 is 14.6 Å². The predicted molar refractivity (Wildman–Crippen MR) is 78.0 cm³/mol. The highest BCUT2D eigenvalue weighted by molar-refractivity contribution is 5.85. The average Bonchev–Trinajstić information content (AvgIpc) is 2.48. The lowest BCUT2D eigenvalue weighted by molar-refractivity contribution is -0.142. The Morgan fingerprint density at radius 3 is 2.30 bits per heavy atom. The molecule has 2 rings (SSSR count). The number of aliphatic carboxylic acids is 1. The first-order valence-corrected chi connectivity index (χ1v) is 6.28. The van der Waals surface area contributed by atoms with Crippen LogP contribution in [0.2, 0.25) is 0 Å². The van der Waals surface area contributed by atoms with Crippen molar-refractivity contribution in [2.75, 3.05) is 12.4 Å². The predicted octanol–water partition coefficient (Wildman–Crippen LogP) is 3.11. The Kier molecular flexibility index (Phi) is 3.94. The molecule has 104 valence electrons. The van der Waals surface area contributed by atoms with Crippen molar-refractivity contribution in [2.24, 2.45) is 0 Å². The number of rotatable bonds is 5. The van der Waals surface area contributed by atoms with Gasteiger partial charge in [0.25, 0.3) is 0 Å². The third-order valence-corrected chi connectivity index (χ3v) is 3.24. The van der Waals surface area contributed by atoms with Crippen molar-refractivity contribution in [3.8, 4) is 5.75 Å². The molecule has 0 radical (unpaired) electrons. The van der Waals surface area contributed by atoms with Crippen molar-refractivity contribution in [3.63, 3.8) is 0 Å². The molecule has 0 aliphatic rings. The van der Waals surface area contributed by atoms with Crippen molar-refractivity contribution in [1.82, 2.24) is 0 Å². The second kappa shape index (κ2) is 5.65. The van der Waals surface area contributed by atoms with Gasteiger partial charge in [0.2, 0.25) is 0 Å². The number of carboxylic acid groups (broad SMARTS) is 1. The van der Waals surface area contributed by atoms with Gasteiger partial charge in [0, 0.05) is 11.3 Å². The molecule has 1 atom stereocenters. The van der Waals surface area contributed by atoms with E-state index in [-0.39, 0.29) is 0 Å². The molecule has 4 nitrogen and oxygen atoms in total. The Morgan fingerprint density at radius 2 is 1.70 bits per heavy atom.